The van der Waals surface area contributed by atoms with Crippen LogP contribution in [0, 0.1) is 6.92 Å². The second-order valence-corrected chi connectivity index (χ2v) is 10.3. The molecule has 0 bridgehead atoms. The molecule has 0 spiro atoms. The van der Waals surface area contributed by atoms with E-state index in [-0.39, 0.29) is 22.4 Å². The molecule has 186 valence electrons. The van der Waals surface area contributed by atoms with Gasteiger partial charge in [-0.05, 0) is 74.8 Å². The molecular formula is C26H31N3O5S. The molecule has 1 amide bonds. The van der Waals surface area contributed by atoms with Crippen molar-refractivity contribution in [2.24, 2.45) is 0 Å². The van der Waals surface area contributed by atoms with E-state index >= 15 is 0 Å². The third-order valence-electron chi connectivity index (χ3n) is 6.25. The Kier molecular flexibility index (Phi) is 7.77. The molecule has 3 aromatic rings. The number of para-hydroxylation sites is 2. The van der Waals surface area contributed by atoms with Crippen LogP contribution in [0.3, 0.4) is 0 Å². The zero-order chi connectivity index (χ0) is 24.8. The lowest BCUT2D eigenvalue weighted by Crippen LogP contribution is -2.40. The number of nitrogens with zero attached hydrogens (tertiary/aromatic N) is 1. The maximum absolute atomic E-state index is 13.2. The highest BCUT2D eigenvalue weighted by atomic mass is 32.2. The summed E-state index contributed by atoms with van der Waals surface area (Å²) in [6.45, 7) is 3.95. The fourth-order valence-electron chi connectivity index (χ4n) is 4.37. The Morgan fingerprint density at radius 1 is 1.09 bits per heavy atom. The van der Waals surface area contributed by atoms with Gasteiger partial charge >= 0.3 is 0 Å². The first-order valence-electron chi connectivity index (χ1n) is 11.7. The largest absolute Gasteiger partial charge is 0.495 e. The summed E-state index contributed by atoms with van der Waals surface area (Å²) >= 11 is 0. The van der Waals surface area contributed by atoms with Crippen molar-refractivity contribution < 1.29 is 22.4 Å². The van der Waals surface area contributed by atoms with Gasteiger partial charge in [0.1, 0.15) is 11.5 Å². The van der Waals surface area contributed by atoms with Crippen molar-refractivity contribution >= 4 is 21.6 Å². The van der Waals surface area contributed by atoms with E-state index in [1.165, 1.54) is 19.6 Å². The van der Waals surface area contributed by atoms with Gasteiger partial charge < -0.3 is 14.5 Å². The number of hydrogen-bond acceptors (Lipinski definition) is 6. The topological polar surface area (TPSA) is 101 Å². The summed E-state index contributed by atoms with van der Waals surface area (Å²) in [4.78, 5) is 15.4. The van der Waals surface area contributed by atoms with E-state index in [1.54, 1.807) is 49.6 Å². The molecule has 2 N–H and O–H groups in total. The van der Waals surface area contributed by atoms with Gasteiger partial charge in [-0.25, -0.2) is 8.42 Å². The number of aryl methyl sites for hydroxylation is 1. The van der Waals surface area contributed by atoms with Crippen molar-refractivity contribution in [1.82, 2.24) is 10.2 Å². The summed E-state index contributed by atoms with van der Waals surface area (Å²) in [5, 5.41) is 2.97. The van der Waals surface area contributed by atoms with Crippen LogP contribution in [0.4, 0.5) is 5.69 Å². The van der Waals surface area contributed by atoms with Gasteiger partial charge in [-0.3, -0.25) is 14.4 Å². The lowest BCUT2D eigenvalue weighted by atomic mass is 10.1. The van der Waals surface area contributed by atoms with Gasteiger partial charge in [-0.2, -0.15) is 0 Å². The van der Waals surface area contributed by atoms with E-state index in [1.807, 2.05) is 12.1 Å². The summed E-state index contributed by atoms with van der Waals surface area (Å²) in [6.07, 6.45) is 5.07. The highest BCUT2D eigenvalue weighted by molar-refractivity contribution is 7.92. The number of sulfonamides is 1. The molecule has 0 aliphatic carbocycles. The highest BCUT2D eigenvalue weighted by Crippen LogP contribution is 2.28. The zero-order valence-electron chi connectivity index (χ0n) is 20.0. The number of hydrogen-bond donors (Lipinski definition) is 2. The summed E-state index contributed by atoms with van der Waals surface area (Å²) in [5.41, 5.74) is 1.13. The van der Waals surface area contributed by atoms with Crippen molar-refractivity contribution in [3.63, 3.8) is 0 Å². The van der Waals surface area contributed by atoms with Crippen LogP contribution in [0.15, 0.2) is 70.2 Å². The van der Waals surface area contributed by atoms with E-state index in [0.29, 0.717) is 23.5 Å². The molecule has 9 heteroatoms. The minimum absolute atomic E-state index is 0.0367. The number of methoxy groups -OCH3 is 1. The molecule has 35 heavy (non-hydrogen) atoms. The first kappa shape index (κ1) is 24.8. The Morgan fingerprint density at radius 2 is 1.86 bits per heavy atom. The summed E-state index contributed by atoms with van der Waals surface area (Å²) < 4.78 is 39.8. The Bertz CT molecular complexity index is 1250. The second-order valence-electron chi connectivity index (χ2n) is 8.62. The van der Waals surface area contributed by atoms with Gasteiger partial charge in [0.15, 0.2) is 0 Å². The molecule has 4 rings (SSSR count). The molecule has 0 unspecified atom stereocenters. The summed E-state index contributed by atoms with van der Waals surface area (Å²) in [7, 11) is -2.47. The van der Waals surface area contributed by atoms with Crippen LogP contribution in [0.1, 0.15) is 47.0 Å². The molecule has 0 saturated carbocycles. The van der Waals surface area contributed by atoms with Crippen LogP contribution in [-0.2, 0) is 10.0 Å². The standard InChI is InChI=1S/C26H31N3O5S/c1-19-12-13-20(17-25(19)35(31,32)28-21-9-4-5-10-23(21)33-2)26(30)27-18-22(24-11-8-16-34-24)29-14-6-3-7-15-29/h4-5,8-13,16-17,22,28H,3,6-7,14-15,18H2,1-2H3,(H,27,30)/t22-/m0/s1. The van der Waals surface area contributed by atoms with Gasteiger partial charge in [0, 0.05) is 12.1 Å². The summed E-state index contributed by atoms with van der Waals surface area (Å²) in [5.74, 6) is 0.872. The number of anilines is 1. The lowest BCUT2D eigenvalue weighted by Gasteiger charge is -2.33. The Balaban J connectivity index is 1.52. The van der Waals surface area contributed by atoms with E-state index < -0.39 is 10.0 Å². The van der Waals surface area contributed by atoms with E-state index in [0.717, 1.165) is 31.7 Å². The molecule has 8 nitrogen and oxygen atoms in total. The Hall–Kier alpha value is -3.30. The minimum atomic E-state index is -3.95. The van der Waals surface area contributed by atoms with Crippen molar-refractivity contribution in [3.8, 4) is 5.75 Å². The van der Waals surface area contributed by atoms with Gasteiger partial charge in [0.25, 0.3) is 15.9 Å². The van der Waals surface area contributed by atoms with Crippen LogP contribution in [-0.4, -0.2) is 46.0 Å². The fraction of sp³-hybridized carbons (Fsp3) is 0.346. The van der Waals surface area contributed by atoms with Crippen LogP contribution < -0.4 is 14.8 Å². The lowest BCUT2D eigenvalue weighted by molar-refractivity contribution is 0.0914. The number of nitrogens with one attached hydrogen (secondary N) is 2. The van der Waals surface area contributed by atoms with E-state index in [2.05, 4.69) is 14.9 Å². The maximum Gasteiger partial charge on any atom is 0.262 e. The Morgan fingerprint density at radius 3 is 2.57 bits per heavy atom. The first-order valence-corrected chi connectivity index (χ1v) is 13.2. The number of amides is 1. The molecule has 1 saturated heterocycles. The van der Waals surface area contributed by atoms with Gasteiger partial charge in [0.2, 0.25) is 0 Å². The predicted octanol–water partition coefficient (Wildman–Crippen LogP) is 4.35. The van der Waals surface area contributed by atoms with Crippen molar-refractivity contribution in [3.05, 3.63) is 77.7 Å². The first-order chi connectivity index (χ1) is 16.9. The fourth-order valence-corrected chi connectivity index (χ4v) is 5.71. The molecule has 2 heterocycles. The summed E-state index contributed by atoms with van der Waals surface area (Å²) in [6, 6.07) is 15.1. The number of piperidine rings is 1. The SMILES string of the molecule is COc1ccccc1NS(=O)(=O)c1cc(C(=O)NC[C@@H](c2ccco2)N2CCCCC2)ccc1C. The average molecular weight is 498 g/mol. The normalized spacial score (nSPS) is 15.4. The predicted molar refractivity (Wildman–Crippen MR) is 134 cm³/mol. The molecule has 0 radical (unpaired) electrons. The van der Waals surface area contributed by atoms with Crippen LogP contribution in [0.25, 0.3) is 0 Å². The van der Waals surface area contributed by atoms with Gasteiger partial charge in [-0.1, -0.05) is 24.6 Å². The number of furan rings is 1. The van der Waals surface area contributed by atoms with Crippen molar-refractivity contribution in [1.29, 1.82) is 0 Å². The molecular weight excluding hydrogens is 466 g/mol. The number of ether oxygens (including phenoxy) is 1. The van der Waals surface area contributed by atoms with Gasteiger partial charge in [0.05, 0.1) is 30.0 Å². The molecule has 1 aromatic heterocycles. The molecule has 1 aliphatic heterocycles. The number of rotatable bonds is 9. The number of benzene rings is 2. The molecule has 1 fully saturated rings. The molecule has 1 atom stereocenters. The number of likely N-dealkylation sites (tertiary alicyclic amines) is 1. The van der Waals surface area contributed by atoms with Crippen molar-refractivity contribution in [2.45, 2.75) is 37.1 Å². The second kappa shape index (κ2) is 11.0. The smallest absolute Gasteiger partial charge is 0.262 e. The number of carbonyl (C=O) groups is 1. The van der Waals surface area contributed by atoms with E-state index in [9.17, 15) is 13.2 Å². The molecule has 2 aromatic carbocycles. The Labute approximate surface area is 206 Å². The monoisotopic (exact) mass is 497 g/mol. The van der Waals surface area contributed by atoms with Crippen LogP contribution >= 0.6 is 0 Å². The van der Waals surface area contributed by atoms with Gasteiger partial charge in [-0.15, -0.1) is 0 Å². The van der Waals surface area contributed by atoms with Crippen molar-refractivity contribution in [2.75, 3.05) is 31.5 Å². The molecule has 1 aliphatic rings. The third kappa shape index (κ3) is 5.86. The number of carbonyl (C=O) groups excluding carboxylic acids is 1. The minimum Gasteiger partial charge on any atom is -0.495 e. The van der Waals surface area contributed by atoms with Crippen LogP contribution in [0.5, 0.6) is 5.75 Å². The van der Waals surface area contributed by atoms with E-state index in [4.69, 9.17) is 9.15 Å². The third-order valence-corrected chi connectivity index (χ3v) is 7.76. The highest BCUT2D eigenvalue weighted by Gasteiger charge is 2.26. The average Bonchev–Trinajstić information content (AvgIpc) is 3.39. The van der Waals surface area contributed by atoms with Crippen LogP contribution in [0.2, 0.25) is 0 Å². The zero-order valence-corrected chi connectivity index (χ0v) is 20.8. The maximum atomic E-state index is 13.2. The quantitative estimate of drug-likeness (QED) is 0.456.